The summed E-state index contributed by atoms with van der Waals surface area (Å²) in [4.78, 5) is 5.11. The van der Waals surface area contributed by atoms with Gasteiger partial charge in [-0.15, -0.1) is 0 Å². The fraction of sp³-hybridized carbons (Fsp3) is 0.500. The Kier molecular flexibility index (Phi) is 7.85. The molecule has 2 atom stereocenters. The van der Waals surface area contributed by atoms with E-state index in [9.17, 15) is 0 Å². The highest BCUT2D eigenvalue weighted by Crippen LogP contribution is 2.40. The van der Waals surface area contributed by atoms with E-state index >= 15 is 0 Å². The van der Waals surface area contributed by atoms with Crippen molar-refractivity contribution in [3.63, 3.8) is 0 Å². The highest BCUT2D eigenvalue weighted by atomic mass is 35.5. The molecule has 33 heavy (non-hydrogen) atoms. The summed E-state index contributed by atoms with van der Waals surface area (Å²) in [5.74, 6) is 2.23. The molecule has 176 valence electrons. The maximum atomic E-state index is 8.71. The van der Waals surface area contributed by atoms with Crippen molar-refractivity contribution >= 4 is 17.3 Å². The second kappa shape index (κ2) is 11.0. The Morgan fingerprint density at radius 2 is 1.88 bits per heavy atom. The maximum Gasteiger partial charge on any atom is 0.161 e. The van der Waals surface area contributed by atoms with Gasteiger partial charge in [0.2, 0.25) is 0 Å². The van der Waals surface area contributed by atoms with Crippen LogP contribution in [0.15, 0.2) is 36.4 Å². The molecule has 0 N–H and O–H groups in total. The van der Waals surface area contributed by atoms with Crippen molar-refractivity contribution in [1.82, 2.24) is 4.90 Å². The number of ether oxygens (including phenoxy) is 3. The van der Waals surface area contributed by atoms with Crippen LogP contribution < -0.4 is 19.1 Å². The molecule has 0 radical (unpaired) electrons. The van der Waals surface area contributed by atoms with E-state index in [1.54, 1.807) is 14.2 Å². The highest BCUT2D eigenvalue weighted by molar-refractivity contribution is 6.32. The Morgan fingerprint density at radius 1 is 1.03 bits per heavy atom. The quantitative estimate of drug-likeness (QED) is 0.479. The van der Waals surface area contributed by atoms with Crippen molar-refractivity contribution in [1.29, 1.82) is 5.26 Å². The lowest BCUT2D eigenvalue weighted by atomic mass is 9.89. The Balaban J connectivity index is 1.46. The summed E-state index contributed by atoms with van der Waals surface area (Å²) in [7, 11) is 3.34. The first-order valence-corrected chi connectivity index (χ1v) is 12.0. The first-order chi connectivity index (χ1) is 16.1. The molecular formula is C26H32ClN3O3. The number of halogens is 1. The number of benzene rings is 2. The predicted octanol–water partition coefficient (Wildman–Crippen LogP) is 5.46. The van der Waals surface area contributed by atoms with Crippen molar-refractivity contribution in [2.45, 2.75) is 44.2 Å². The van der Waals surface area contributed by atoms with Crippen LogP contribution in [-0.4, -0.2) is 51.4 Å². The van der Waals surface area contributed by atoms with Crippen LogP contribution in [0.25, 0.3) is 0 Å². The number of rotatable bonds is 8. The summed E-state index contributed by atoms with van der Waals surface area (Å²) >= 11 is 6.23. The average Bonchev–Trinajstić information content (AvgIpc) is 2.86. The fourth-order valence-electron chi connectivity index (χ4n) is 5.03. The van der Waals surface area contributed by atoms with Gasteiger partial charge >= 0.3 is 0 Å². The van der Waals surface area contributed by atoms with Gasteiger partial charge in [0.05, 0.1) is 31.9 Å². The van der Waals surface area contributed by atoms with E-state index in [2.05, 4.69) is 34.1 Å². The van der Waals surface area contributed by atoms with Crippen LogP contribution in [0.5, 0.6) is 17.2 Å². The van der Waals surface area contributed by atoms with Crippen LogP contribution in [0.1, 0.15) is 43.7 Å². The van der Waals surface area contributed by atoms with E-state index in [0.29, 0.717) is 30.1 Å². The second-order valence-corrected chi connectivity index (χ2v) is 9.03. The molecule has 0 amide bonds. The van der Waals surface area contributed by atoms with Gasteiger partial charge in [-0.1, -0.05) is 17.7 Å². The molecule has 2 saturated heterocycles. The van der Waals surface area contributed by atoms with Crippen molar-refractivity contribution in [3.05, 3.63) is 47.0 Å². The van der Waals surface area contributed by atoms with Gasteiger partial charge < -0.3 is 19.1 Å². The van der Waals surface area contributed by atoms with Crippen LogP contribution in [0.3, 0.4) is 0 Å². The third kappa shape index (κ3) is 5.31. The Hall–Kier alpha value is -2.62. The number of hydrogen-bond donors (Lipinski definition) is 0. The van der Waals surface area contributed by atoms with Gasteiger partial charge in [0.1, 0.15) is 5.75 Å². The predicted molar refractivity (Wildman–Crippen MR) is 131 cm³/mol. The highest BCUT2D eigenvalue weighted by Gasteiger charge is 2.36. The number of unbranched alkanes of at least 4 members (excludes halogenated alkanes) is 1. The van der Waals surface area contributed by atoms with Crippen molar-refractivity contribution < 1.29 is 14.2 Å². The zero-order valence-corrected chi connectivity index (χ0v) is 20.2. The second-order valence-electron chi connectivity index (χ2n) is 8.62. The van der Waals surface area contributed by atoms with E-state index in [4.69, 9.17) is 31.1 Å². The Bertz CT molecular complexity index is 993. The standard InChI is InChI=1S/C26H32ClN3O3/c1-31-25-17-20(9-10-22(25)27)29-13-14-30-21(18-29)6-5-7-23(30)19-8-11-24(26(16-19)32-2)33-15-4-3-12-28/h8-11,16-17,21,23H,3-7,13-15,18H2,1-2H3/t21?,23-/m1/s1. The number of piperidine rings is 1. The maximum absolute atomic E-state index is 8.71. The molecule has 6 nitrogen and oxygen atoms in total. The number of methoxy groups -OCH3 is 2. The summed E-state index contributed by atoms with van der Waals surface area (Å²) in [5, 5.41) is 9.35. The molecule has 7 heteroatoms. The number of nitriles is 1. The van der Waals surface area contributed by atoms with E-state index < -0.39 is 0 Å². The zero-order valence-electron chi connectivity index (χ0n) is 19.4. The zero-order chi connectivity index (χ0) is 23.2. The van der Waals surface area contributed by atoms with Crippen molar-refractivity contribution in [2.24, 2.45) is 0 Å². The molecule has 2 aromatic carbocycles. The van der Waals surface area contributed by atoms with E-state index in [1.165, 1.54) is 18.4 Å². The number of piperazine rings is 1. The summed E-state index contributed by atoms with van der Waals surface area (Å²) in [6.45, 7) is 3.49. The normalized spacial score (nSPS) is 20.6. The Morgan fingerprint density at radius 3 is 2.67 bits per heavy atom. The van der Waals surface area contributed by atoms with E-state index in [1.807, 2.05) is 18.2 Å². The van der Waals surface area contributed by atoms with Crippen LogP contribution in [0.4, 0.5) is 5.69 Å². The van der Waals surface area contributed by atoms with E-state index in [0.717, 1.165) is 55.4 Å². The molecular weight excluding hydrogens is 438 g/mol. The Labute approximate surface area is 201 Å². The molecule has 0 aliphatic carbocycles. The smallest absolute Gasteiger partial charge is 0.161 e. The molecule has 2 aliphatic rings. The van der Waals surface area contributed by atoms with Crippen LogP contribution in [-0.2, 0) is 0 Å². The molecule has 0 saturated carbocycles. The summed E-state index contributed by atoms with van der Waals surface area (Å²) in [5.41, 5.74) is 2.44. The molecule has 2 aliphatic heterocycles. The molecule has 1 unspecified atom stereocenters. The molecule has 2 fully saturated rings. The average molecular weight is 470 g/mol. The molecule has 0 spiro atoms. The number of fused-ring (bicyclic) bond motifs is 1. The SMILES string of the molecule is COc1cc(N2CCN3C(CCC[C@@H]3c3ccc(OCCCC#N)c(OC)c3)C2)ccc1Cl. The monoisotopic (exact) mass is 469 g/mol. The molecule has 0 bridgehead atoms. The first kappa shape index (κ1) is 23.5. The van der Waals surface area contributed by atoms with Gasteiger partial charge in [-0.05, 0) is 55.5 Å². The summed E-state index contributed by atoms with van der Waals surface area (Å²) < 4.78 is 16.9. The third-order valence-electron chi connectivity index (χ3n) is 6.71. The van der Waals surface area contributed by atoms with Crippen LogP contribution in [0.2, 0.25) is 5.02 Å². The summed E-state index contributed by atoms with van der Waals surface area (Å²) in [6.07, 6.45) is 4.78. The minimum atomic E-state index is 0.382. The number of anilines is 1. The summed E-state index contributed by atoms with van der Waals surface area (Å²) in [6, 6.07) is 15.4. The fourth-order valence-corrected chi connectivity index (χ4v) is 5.23. The topological polar surface area (TPSA) is 58.0 Å². The number of nitrogens with zero attached hydrogens (tertiary/aromatic N) is 3. The van der Waals surface area contributed by atoms with Crippen LogP contribution in [0, 0.1) is 11.3 Å². The van der Waals surface area contributed by atoms with Crippen molar-refractivity contribution in [2.75, 3.05) is 45.4 Å². The number of hydrogen-bond acceptors (Lipinski definition) is 6. The van der Waals surface area contributed by atoms with E-state index in [-0.39, 0.29) is 0 Å². The molecule has 0 aromatic heterocycles. The van der Waals surface area contributed by atoms with Gasteiger partial charge in [0.15, 0.2) is 11.5 Å². The first-order valence-electron chi connectivity index (χ1n) is 11.7. The minimum Gasteiger partial charge on any atom is -0.495 e. The van der Waals surface area contributed by atoms with Gasteiger partial charge in [-0.25, -0.2) is 0 Å². The van der Waals surface area contributed by atoms with Crippen LogP contribution >= 0.6 is 11.6 Å². The van der Waals surface area contributed by atoms with Gasteiger partial charge in [-0.2, -0.15) is 5.26 Å². The molecule has 2 aromatic rings. The molecule has 4 rings (SSSR count). The minimum absolute atomic E-state index is 0.382. The lowest BCUT2D eigenvalue weighted by Gasteiger charge is -2.49. The lowest BCUT2D eigenvalue weighted by Crippen LogP contribution is -2.55. The van der Waals surface area contributed by atoms with Gasteiger partial charge in [0, 0.05) is 49.9 Å². The third-order valence-corrected chi connectivity index (χ3v) is 7.02. The largest absolute Gasteiger partial charge is 0.495 e. The lowest BCUT2D eigenvalue weighted by molar-refractivity contribution is 0.0715. The van der Waals surface area contributed by atoms with Crippen molar-refractivity contribution in [3.8, 4) is 23.3 Å². The molecule has 2 heterocycles. The van der Waals surface area contributed by atoms with Gasteiger partial charge in [-0.3, -0.25) is 4.90 Å². The van der Waals surface area contributed by atoms with Gasteiger partial charge in [0.25, 0.3) is 0 Å².